The summed E-state index contributed by atoms with van der Waals surface area (Å²) in [5.74, 6) is -1.09. The molecule has 0 aliphatic carbocycles. The molecule has 4 N–H and O–H groups in total. The molecule has 376 valence electrons. The van der Waals surface area contributed by atoms with Gasteiger partial charge in [-0.05, 0) is 143 Å². The third-order valence-electron chi connectivity index (χ3n) is 12.2. The van der Waals surface area contributed by atoms with Crippen LogP contribution in [0.15, 0.2) is 84.9 Å². The van der Waals surface area contributed by atoms with Crippen molar-refractivity contribution in [1.29, 1.82) is 0 Å². The number of hydrogen-bond donors (Lipinski definition) is 4. The predicted octanol–water partition coefficient (Wildman–Crippen LogP) is 9.62. The van der Waals surface area contributed by atoms with Crippen LogP contribution in [0.2, 0.25) is 49.3 Å². The van der Waals surface area contributed by atoms with Crippen molar-refractivity contribution in [1.82, 2.24) is 0 Å². The summed E-state index contributed by atoms with van der Waals surface area (Å²) < 4.78 is 49.4. The van der Waals surface area contributed by atoms with Gasteiger partial charge in [-0.3, -0.25) is 0 Å². The molecule has 16 heteroatoms. The summed E-state index contributed by atoms with van der Waals surface area (Å²) in [5, 5.41) is 41.8. The Hall–Kier alpha value is -2.91. The minimum absolute atomic E-state index is 0.0389. The van der Waals surface area contributed by atoms with Crippen molar-refractivity contribution in [3.05, 3.63) is 128 Å². The van der Waals surface area contributed by atoms with Gasteiger partial charge < -0.3 is 57.7 Å². The molecule has 2 unspecified atom stereocenters. The smallest absolute Gasteiger partial charge is 0.224 e. The molecule has 0 amide bonds. The van der Waals surface area contributed by atoms with E-state index in [9.17, 15) is 20.4 Å². The average molecular weight is 1020 g/mol. The van der Waals surface area contributed by atoms with Gasteiger partial charge >= 0.3 is 0 Å². The molecule has 0 saturated carbocycles. The lowest BCUT2D eigenvalue weighted by Crippen LogP contribution is -2.65. The van der Waals surface area contributed by atoms with Crippen LogP contribution < -0.4 is 9.47 Å². The highest BCUT2D eigenvalue weighted by molar-refractivity contribution is 6.70. The minimum Gasteiger partial charge on any atom is -0.494 e. The summed E-state index contributed by atoms with van der Waals surface area (Å²) in [5.41, 5.74) is 5.23. The molecule has 2 aliphatic heterocycles. The maximum Gasteiger partial charge on any atom is 0.224 e. The van der Waals surface area contributed by atoms with Crippen LogP contribution >= 0.6 is 23.2 Å². The zero-order chi connectivity index (χ0) is 50.2. The number of aliphatic hydroxyl groups is 4. The number of hydrogen-bond acceptors (Lipinski definition) is 12. The Kier molecular flexibility index (Phi) is 19.8. The van der Waals surface area contributed by atoms with Crippen LogP contribution in [0.25, 0.3) is 0 Å². The zero-order valence-corrected chi connectivity index (χ0v) is 45.3. The van der Waals surface area contributed by atoms with Crippen LogP contribution in [-0.2, 0) is 52.2 Å². The molecule has 2 aliphatic rings. The van der Waals surface area contributed by atoms with E-state index >= 15 is 0 Å². The van der Waals surface area contributed by atoms with E-state index in [1.54, 1.807) is 25.3 Å². The normalized spacial score (nSPS) is 27.6. The van der Waals surface area contributed by atoms with E-state index in [-0.39, 0.29) is 18.1 Å². The lowest BCUT2D eigenvalue weighted by molar-refractivity contribution is -0.366. The second-order valence-electron chi connectivity index (χ2n) is 19.4. The summed E-state index contributed by atoms with van der Waals surface area (Å²) in [7, 11) is -0.893. The molecule has 2 heterocycles. The molecular formula is C52H74Cl2O12Si2. The first kappa shape index (κ1) is 56.0. The monoisotopic (exact) mass is 1020 g/mol. The number of halogens is 2. The fourth-order valence-corrected chi connectivity index (χ4v) is 11.5. The van der Waals surface area contributed by atoms with Gasteiger partial charge in [0.05, 0.1) is 32.0 Å². The summed E-state index contributed by atoms with van der Waals surface area (Å²) in [6, 6.07) is 26.9. The Morgan fingerprint density at radius 1 is 0.603 bits per heavy atom. The predicted molar refractivity (Wildman–Crippen MR) is 272 cm³/mol. The Bertz CT molecular complexity index is 2200. The summed E-state index contributed by atoms with van der Waals surface area (Å²) >= 11 is 13.1. The molecule has 2 saturated heterocycles. The molecule has 68 heavy (non-hydrogen) atoms. The van der Waals surface area contributed by atoms with Gasteiger partial charge in [0, 0.05) is 41.3 Å². The molecule has 12 nitrogen and oxygen atoms in total. The van der Waals surface area contributed by atoms with Gasteiger partial charge in [-0.15, -0.1) is 0 Å². The highest BCUT2D eigenvalue weighted by atomic mass is 35.5. The lowest BCUT2D eigenvalue weighted by atomic mass is 9.82. The molecule has 0 bridgehead atoms. The quantitative estimate of drug-likeness (QED) is 0.0702. The lowest BCUT2D eigenvalue weighted by Gasteiger charge is -2.54. The number of rotatable bonds is 18. The zero-order valence-electron chi connectivity index (χ0n) is 41.8. The third kappa shape index (κ3) is 13.3. The molecule has 6 rings (SSSR count). The molecular weight excluding hydrogens is 944 g/mol. The number of aliphatic hydroxyl groups excluding tert-OH is 4. The van der Waals surface area contributed by atoms with Gasteiger partial charge in [0.25, 0.3) is 0 Å². The second-order valence-corrected chi connectivity index (χ2v) is 29.1. The molecule has 4 aromatic carbocycles. The Morgan fingerprint density at radius 3 is 1.44 bits per heavy atom. The van der Waals surface area contributed by atoms with Gasteiger partial charge in [-0.25, -0.2) is 0 Å². The van der Waals surface area contributed by atoms with E-state index in [4.69, 9.17) is 60.5 Å². The molecule has 4 aromatic rings. The summed E-state index contributed by atoms with van der Waals surface area (Å²) in [6.07, 6.45) is -4.31. The highest BCUT2D eigenvalue weighted by Gasteiger charge is 2.58. The van der Waals surface area contributed by atoms with Gasteiger partial charge in [-0.2, -0.15) is 0 Å². The first-order chi connectivity index (χ1) is 32.1. The molecule has 10 atom stereocenters. The Balaban J connectivity index is 0.000000261. The van der Waals surface area contributed by atoms with E-state index in [1.807, 2.05) is 62.4 Å². The van der Waals surface area contributed by atoms with Crippen LogP contribution in [0.1, 0.15) is 67.5 Å². The first-order valence-electron chi connectivity index (χ1n) is 23.6. The SMILES string of the molecule is CCOc1ccc(Cc2cc(C3(OC)O[C@H](CC)[C@@H](C)[C@H](O[Si](C)(C)C)[C@H]3O[Si](C)(C)C)ccc2Cl)cc1.CCOc1ccc(Cc2cc(C3(OC)O[C@H](CO)[C@@H](O)[C@H](O)[C@H]3O)ccc2Cl)cc1. The van der Waals surface area contributed by atoms with E-state index in [0.29, 0.717) is 41.7 Å². The topological polar surface area (TPSA) is 155 Å². The Labute approximate surface area is 416 Å². The van der Waals surface area contributed by atoms with Crippen molar-refractivity contribution in [3.8, 4) is 11.5 Å². The molecule has 2 fully saturated rings. The summed E-state index contributed by atoms with van der Waals surface area (Å²) in [4.78, 5) is 0. The van der Waals surface area contributed by atoms with Gasteiger partial charge in [-0.1, -0.05) is 73.4 Å². The van der Waals surface area contributed by atoms with E-state index < -0.39 is 65.3 Å². The van der Waals surface area contributed by atoms with E-state index in [2.05, 4.69) is 71.3 Å². The molecule has 0 spiro atoms. The van der Waals surface area contributed by atoms with Crippen molar-refractivity contribution >= 4 is 39.8 Å². The summed E-state index contributed by atoms with van der Waals surface area (Å²) in [6.45, 7) is 22.3. The van der Waals surface area contributed by atoms with Gasteiger partial charge in [0.1, 0.15) is 42.0 Å². The van der Waals surface area contributed by atoms with Crippen molar-refractivity contribution in [2.45, 2.75) is 141 Å². The van der Waals surface area contributed by atoms with E-state index in [1.165, 1.54) is 7.11 Å². The van der Waals surface area contributed by atoms with Crippen LogP contribution in [-0.4, -0.2) is 114 Å². The van der Waals surface area contributed by atoms with Crippen LogP contribution in [0, 0.1) is 5.92 Å². The van der Waals surface area contributed by atoms with Crippen LogP contribution in [0.3, 0.4) is 0 Å². The van der Waals surface area contributed by atoms with E-state index in [0.717, 1.165) is 45.7 Å². The minimum atomic E-state index is -2.02. The largest absolute Gasteiger partial charge is 0.494 e. The maximum atomic E-state index is 10.7. The van der Waals surface area contributed by atoms with Gasteiger partial charge in [0.15, 0.2) is 16.6 Å². The van der Waals surface area contributed by atoms with Gasteiger partial charge in [0.2, 0.25) is 11.6 Å². The number of ether oxygens (including phenoxy) is 6. The Morgan fingerprint density at radius 2 is 1.04 bits per heavy atom. The fraction of sp³-hybridized carbons (Fsp3) is 0.538. The van der Waals surface area contributed by atoms with Crippen molar-refractivity contribution in [2.24, 2.45) is 5.92 Å². The maximum absolute atomic E-state index is 10.7. The average Bonchev–Trinajstić information content (AvgIpc) is 3.30. The second kappa shape index (κ2) is 24.0. The van der Waals surface area contributed by atoms with Crippen LogP contribution in [0.5, 0.6) is 11.5 Å². The molecule has 0 radical (unpaired) electrons. The number of methoxy groups -OCH3 is 2. The standard InChI is InChI=1S/C30H47ClO5Si2.C22H27ClO7/c1-11-27-21(3)28(35-37(5,6)7)29(36-38(8,9)10)30(32-4,34-27)24-15-18-26(31)23(20-24)19-22-13-16-25(17-14-22)33-12-2;1-3-29-16-7-4-13(5-8-16)10-14-11-15(6-9-17(14)23)22(28-2)21(27)20(26)19(25)18(12-24)30-22/h13-18,20-21,27-29H,11-12,19H2,1-10H3;4-9,11,18-21,24-27H,3,10,12H2,1-2H3/t21-,27-,28+,29-,30?;18-,19-,20+,21-,22?/m11/s1. The highest BCUT2D eigenvalue weighted by Crippen LogP contribution is 2.47. The number of benzene rings is 4. The van der Waals surface area contributed by atoms with Crippen LogP contribution in [0.4, 0.5) is 0 Å². The van der Waals surface area contributed by atoms with Crippen molar-refractivity contribution in [3.63, 3.8) is 0 Å². The fourth-order valence-electron chi connectivity index (χ4n) is 8.88. The van der Waals surface area contributed by atoms with Crippen molar-refractivity contribution in [2.75, 3.05) is 34.0 Å². The first-order valence-corrected chi connectivity index (χ1v) is 31.1. The third-order valence-corrected chi connectivity index (χ3v) is 14.9. The molecule has 0 aromatic heterocycles. The van der Waals surface area contributed by atoms with Crippen molar-refractivity contribution < 1.29 is 57.7 Å².